The van der Waals surface area contributed by atoms with Gasteiger partial charge in [0, 0.05) is 6.54 Å². The highest BCUT2D eigenvalue weighted by Gasteiger charge is 2.16. The van der Waals surface area contributed by atoms with Gasteiger partial charge in [-0.15, -0.1) is 6.58 Å². The second kappa shape index (κ2) is 8.44. The molecule has 0 bridgehead atoms. The fourth-order valence-corrected chi connectivity index (χ4v) is 4.36. The van der Waals surface area contributed by atoms with Crippen molar-refractivity contribution >= 4 is 27.5 Å². The van der Waals surface area contributed by atoms with E-state index in [4.69, 9.17) is 9.47 Å². The molecule has 146 valence electrons. The topological polar surface area (TPSA) is 52.8 Å². The van der Waals surface area contributed by atoms with E-state index in [1.807, 2.05) is 42.7 Å². The van der Waals surface area contributed by atoms with E-state index in [1.54, 1.807) is 20.3 Å². The molecule has 3 rings (SSSR count). The summed E-state index contributed by atoms with van der Waals surface area (Å²) in [5, 5.41) is 0. The maximum absolute atomic E-state index is 12.7. The van der Waals surface area contributed by atoms with Crippen LogP contribution in [-0.4, -0.2) is 24.7 Å². The van der Waals surface area contributed by atoms with E-state index in [1.165, 1.54) is 16.9 Å². The van der Waals surface area contributed by atoms with Crippen LogP contribution in [0.3, 0.4) is 0 Å². The Morgan fingerprint density at radius 3 is 2.54 bits per heavy atom. The number of aryl methyl sites for hydroxylation is 2. The third-order valence-corrected chi connectivity index (χ3v) is 5.66. The normalized spacial score (nSPS) is 11.6. The SMILES string of the molecule is C=CCn1c(=NC(=O)Cc2ccc(C)cc2C)sc2c(OC)ccc(OC)c21. The van der Waals surface area contributed by atoms with Crippen LogP contribution in [0.5, 0.6) is 11.5 Å². The number of thiazole rings is 1. The lowest BCUT2D eigenvalue weighted by molar-refractivity contribution is -0.117. The zero-order chi connectivity index (χ0) is 20.3. The third kappa shape index (κ3) is 3.87. The first kappa shape index (κ1) is 19.9. The van der Waals surface area contributed by atoms with Crippen LogP contribution in [0.2, 0.25) is 0 Å². The number of hydrogen-bond acceptors (Lipinski definition) is 4. The smallest absolute Gasteiger partial charge is 0.252 e. The molecule has 0 aliphatic rings. The summed E-state index contributed by atoms with van der Waals surface area (Å²) in [6.45, 7) is 8.40. The number of carbonyl (C=O) groups excluding carboxylic acids is 1. The lowest BCUT2D eigenvalue weighted by Crippen LogP contribution is -2.17. The molecule has 5 nitrogen and oxygen atoms in total. The van der Waals surface area contributed by atoms with Crippen molar-refractivity contribution < 1.29 is 14.3 Å². The minimum absolute atomic E-state index is 0.186. The number of ether oxygens (including phenoxy) is 2. The first-order valence-electron chi connectivity index (χ1n) is 8.97. The second-order valence-electron chi connectivity index (χ2n) is 6.54. The average Bonchev–Trinajstić information content (AvgIpc) is 3.02. The number of rotatable bonds is 6. The molecule has 0 saturated carbocycles. The molecule has 0 saturated heterocycles. The highest BCUT2D eigenvalue weighted by atomic mass is 32.1. The molecule has 1 aromatic heterocycles. The Balaban J connectivity index is 2.11. The predicted molar refractivity (Wildman–Crippen MR) is 113 cm³/mol. The predicted octanol–water partition coefficient (Wildman–Crippen LogP) is 4.19. The summed E-state index contributed by atoms with van der Waals surface area (Å²) >= 11 is 1.41. The van der Waals surface area contributed by atoms with E-state index in [0.717, 1.165) is 27.1 Å². The Hall–Kier alpha value is -2.86. The van der Waals surface area contributed by atoms with Gasteiger partial charge in [0.1, 0.15) is 21.7 Å². The summed E-state index contributed by atoms with van der Waals surface area (Å²) in [7, 11) is 3.25. The van der Waals surface area contributed by atoms with Gasteiger partial charge in [-0.1, -0.05) is 41.2 Å². The molecule has 0 atom stereocenters. The molecule has 0 fully saturated rings. The van der Waals surface area contributed by atoms with E-state index in [9.17, 15) is 4.79 Å². The van der Waals surface area contributed by atoms with Crippen LogP contribution in [0.15, 0.2) is 48.0 Å². The van der Waals surface area contributed by atoms with Gasteiger partial charge in [-0.3, -0.25) is 4.79 Å². The number of methoxy groups -OCH3 is 2. The van der Waals surface area contributed by atoms with Gasteiger partial charge in [0.05, 0.1) is 20.6 Å². The zero-order valence-electron chi connectivity index (χ0n) is 16.6. The number of hydrogen-bond donors (Lipinski definition) is 0. The molecule has 0 spiro atoms. The van der Waals surface area contributed by atoms with Crippen LogP contribution in [0.1, 0.15) is 16.7 Å². The van der Waals surface area contributed by atoms with Crippen molar-refractivity contribution in [3.8, 4) is 11.5 Å². The summed E-state index contributed by atoms with van der Waals surface area (Å²) in [5.41, 5.74) is 4.12. The van der Waals surface area contributed by atoms with Gasteiger partial charge in [-0.05, 0) is 37.1 Å². The lowest BCUT2D eigenvalue weighted by Gasteiger charge is -2.08. The van der Waals surface area contributed by atoms with Crippen molar-refractivity contribution in [1.29, 1.82) is 0 Å². The van der Waals surface area contributed by atoms with Crippen LogP contribution < -0.4 is 14.3 Å². The van der Waals surface area contributed by atoms with Crippen molar-refractivity contribution in [1.82, 2.24) is 4.57 Å². The fourth-order valence-electron chi connectivity index (χ4n) is 3.19. The van der Waals surface area contributed by atoms with Crippen LogP contribution >= 0.6 is 11.3 Å². The number of allylic oxidation sites excluding steroid dienone is 1. The molecule has 3 aromatic rings. The van der Waals surface area contributed by atoms with Crippen molar-refractivity contribution in [3.63, 3.8) is 0 Å². The summed E-state index contributed by atoms with van der Waals surface area (Å²) in [5.74, 6) is 1.24. The summed E-state index contributed by atoms with van der Waals surface area (Å²) in [6, 6.07) is 9.80. The standard InChI is InChI=1S/C22H24N2O3S/c1-6-11-24-20-17(26-4)9-10-18(27-5)21(20)28-22(24)23-19(25)13-16-8-7-14(2)12-15(16)3/h6-10,12H,1,11,13H2,2-5H3. The second-order valence-corrected chi connectivity index (χ2v) is 7.52. The van der Waals surface area contributed by atoms with E-state index < -0.39 is 0 Å². The Kier molecular flexibility index (Phi) is 5.99. The largest absolute Gasteiger partial charge is 0.495 e. The van der Waals surface area contributed by atoms with Crippen molar-refractivity contribution in [3.05, 3.63) is 64.5 Å². The number of fused-ring (bicyclic) bond motifs is 1. The molecule has 0 aliphatic carbocycles. The minimum atomic E-state index is -0.186. The van der Waals surface area contributed by atoms with Gasteiger partial charge in [0.2, 0.25) is 0 Å². The summed E-state index contributed by atoms with van der Waals surface area (Å²) in [4.78, 5) is 17.7. The van der Waals surface area contributed by atoms with Crippen LogP contribution in [0.4, 0.5) is 0 Å². The Morgan fingerprint density at radius 1 is 1.18 bits per heavy atom. The molecular formula is C22H24N2O3S. The van der Waals surface area contributed by atoms with Crippen LogP contribution in [-0.2, 0) is 17.8 Å². The number of amides is 1. The van der Waals surface area contributed by atoms with E-state index in [0.29, 0.717) is 17.1 Å². The maximum atomic E-state index is 12.7. The highest BCUT2D eigenvalue weighted by molar-refractivity contribution is 7.16. The number of aromatic nitrogens is 1. The molecule has 0 unspecified atom stereocenters. The number of benzene rings is 2. The van der Waals surface area contributed by atoms with Crippen molar-refractivity contribution in [2.24, 2.45) is 4.99 Å². The fraction of sp³-hybridized carbons (Fsp3) is 0.273. The van der Waals surface area contributed by atoms with Gasteiger partial charge in [0.25, 0.3) is 5.91 Å². The number of nitrogens with zero attached hydrogens (tertiary/aromatic N) is 2. The molecule has 28 heavy (non-hydrogen) atoms. The summed E-state index contributed by atoms with van der Waals surface area (Å²) in [6.07, 6.45) is 2.04. The lowest BCUT2D eigenvalue weighted by atomic mass is 10.0. The van der Waals surface area contributed by atoms with Crippen molar-refractivity contribution in [2.75, 3.05) is 14.2 Å². The molecule has 0 aliphatic heterocycles. The van der Waals surface area contributed by atoms with Crippen molar-refractivity contribution in [2.45, 2.75) is 26.8 Å². The van der Waals surface area contributed by atoms with Gasteiger partial charge >= 0.3 is 0 Å². The van der Waals surface area contributed by atoms with Crippen LogP contribution in [0.25, 0.3) is 10.2 Å². The van der Waals surface area contributed by atoms with E-state index in [2.05, 4.69) is 17.6 Å². The van der Waals surface area contributed by atoms with E-state index in [-0.39, 0.29) is 12.3 Å². The first-order chi connectivity index (χ1) is 13.5. The Morgan fingerprint density at radius 2 is 1.89 bits per heavy atom. The Bertz CT molecular complexity index is 1110. The monoisotopic (exact) mass is 396 g/mol. The Labute approximate surface area is 168 Å². The molecule has 0 radical (unpaired) electrons. The molecule has 6 heteroatoms. The van der Waals surface area contributed by atoms with Gasteiger partial charge in [-0.2, -0.15) is 4.99 Å². The average molecular weight is 397 g/mol. The first-order valence-corrected chi connectivity index (χ1v) is 9.79. The molecule has 1 heterocycles. The third-order valence-electron chi connectivity index (χ3n) is 4.56. The van der Waals surface area contributed by atoms with Gasteiger partial charge in [-0.25, -0.2) is 0 Å². The number of carbonyl (C=O) groups is 1. The molecular weight excluding hydrogens is 372 g/mol. The maximum Gasteiger partial charge on any atom is 0.252 e. The van der Waals surface area contributed by atoms with E-state index >= 15 is 0 Å². The molecule has 2 aromatic carbocycles. The van der Waals surface area contributed by atoms with Gasteiger partial charge < -0.3 is 14.0 Å². The molecule has 1 amide bonds. The molecule has 0 N–H and O–H groups in total. The summed E-state index contributed by atoms with van der Waals surface area (Å²) < 4.78 is 13.8. The highest BCUT2D eigenvalue weighted by Crippen LogP contribution is 2.35. The quantitative estimate of drug-likeness (QED) is 0.587. The minimum Gasteiger partial charge on any atom is -0.495 e. The zero-order valence-corrected chi connectivity index (χ0v) is 17.4. The van der Waals surface area contributed by atoms with Gasteiger partial charge in [0.15, 0.2) is 4.80 Å². The van der Waals surface area contributed by atoms with Crippen LogP contribution in [0, 0.1) is 13.8 Å².